The number of nitrogens with zero attached hydrogens (tertiary/aromatic N) is 3. The van der Waals surface area contributed by atoms with E-state index < -0.39 is 41.2 Å². The second-order valence-corrected chi connectivity index (χ2v) is 6.93. The van der Waals surface area contributed by atoms with Crippen LogP contribution in [0.15, 0.2) is 70.4 Å². The molecule has 2 aromatic heterocycles. The number of nitrogens with one attached hydrogen (secondary N) is 1. The van der Waals surface area contributed by atoms with Crippen LogP contribution in [0.3, 0.4) is 0 Å². The Bertz CT molecular complexity index is 1450. The van der Waals surface area contributed by atoms with E-state index in [0.29, 0.717) is 11.6 Å². The van der Waals surface area contributed by atoms with E-state index >= 15 is 0 Å². The van der Waals surface area contributed by atoms with E-state index in [9.17, 15) is 27.6 Å². The molecule has 2 aromatic carbocycles. The number of carbonyl (C=O) groups is 1. The third kappa shape index (κ3) is 4.15. The number of fused-ring (bicyclic) bond motifs is 1. The highest BCUT2D eigenvalue weighted by Gasteiger charge is 2.17. The topological polar surface area (TPSA) is 86.0 Å². The molecule has 0 fully saturated rings. The van der Waals surface area contributed by atoms with Crippen molar-refractivity contribution in [1.82, 2.24) is 14.1 Å². The van der Waals surface area contributed by atoms with Crippen molar-refractivity contribution in [3.63, 3.8) is 0 Å². The monoisotopic (exact) mass is 440 g/mol. The van der Waals surface area contributed by atoms with Crippen LogP contribution in [0.25, 0.3) is 11.0 Å². The molecule has 2 heterocycles. The van der Waals surface area contributed by atoms with Crippen LogP contribution in [0.1, 0.15) is 5.56 Å². The minimum Gasteiger partial charge on any atom is -0.322 e. The molecule has 0 radical (unpaired) electrons. The summed E-state index contributed by atoms with van der Waals surface area (Å²) in [5.41, 5.74) is -1.16. The summed E-state index contributed by atoms with van der Waals surface area (Å²) >= 11 is 0. The molecule has 0 atom stereocenters. The first-order chi connectivity index (χ1) is 15.3. The van der Waals surface area contributed by atoms with Gasteiger partial charge in [0.25, 0.3) is 5.56 Å². The zero-order valence-corrected chi connectivity index (χ0v) is 16.4. The van der Waals surface area contributed by atoms with E-state index in [0.717, 1.165) is 21.3 Å². The highest BCUT2D eigenvalue weighted by molar-refractivity contribution is 5.91. The Morgan fingerprint density at radius 1 is 0.938 bits per heavy atom. The molecule has 7 nitrogen and oxygen atoms in total. The Hall–Kier alpha value is -4.21. The van der Waals surface area contributed by atoms with Gasteiger partial charge in [0.2, 0.25) is 5.91 Å². The largest absolute Gasteiger partial charge is 0.332 e. The first-order valence-electron chi connectivity index (χ1n) is 9.41. The lowest BCUT2D eigenvalue weighted by Gasteiger charge is -2.14. The number of pyridine rings is 1. The molecule has 0 aliphatic rings. The molecule has 0 aliphatic heterocycles. The summed E-state index contributed by atoms with van der Waals surface area (Å²) in [5, 5.41) is 2.28. The molecule has 1 amide bonds. The lowest BCUT2D eigenvalue weighted by molar-refractivity contribution is -0.116. The van der Waals surface area contributed by atoms with Gasteiger partial charge in [-0.2, -0.15) is 0 Å². The molecule has 0 spiro atoms. The Labute approximate surface area is 178 Å². The fraction of sp³-hybridized carbons (Fsp3) is 0.0909. The van der Waals surface area contributed by atoms with Crippen LogP contribution in [-0.2, 0) is 17.9 Å². The molecule has 4 aromatic rings. The van der Waals surface area contributed by atoms with Gasteiger partial charge in [-0.05, 0) is 42.0 Å². The van der Waals surface area contributed by atoms with Crippen molar-refractivity contribution in [2.45, 2.75) is 13.1 Å². The number of anilines is 1. The Morgan fingerprint density at radius 3 is 2.38 bits per heavy atom. The van der Waals surface area contributed by atoms with Crippen molar-refractivity contribution in [3.8, 4) is 0 Å². The molecule has 0 bridgehead atoms. The maximum Gasteiger partial charge on any atom is 0.332 e. The number of carbonyl (C=O) groups excluding carboxylic acids is 1. The lowest BCUT2D eigenvalue weighted by atomic mass is 10.2. The predicted molar refractivity (Wildman–Crippen MR) is 111 cm³/mol. The third-order valence-electron chi connectivity index (χ3n) is 4.75. The Kier molecular flexibility index (Phi) is 5.59. The first kappa shape index (κ1) is 21.0. The van der Waals surface area contributed by atoms with Gasteiger partial charge in [-0.3, -0.25) is 18.7 Å². The molecular weight excluding hydrogens is 425 g/mol. The predicted octanol–water partition coefficient (Wildman–Crippen LogP) is 2.66. The minimum atomic E-state index is -0.974. The second-order valence-electron chi connectivity index (χ2n) is 6.93. The number of benzene rings is 2. The minimum absolute atomic E-state index is 0.0463. The summed E-state index contributed by atoms with van der Waals surface area (Å²) in [6.45, 7) is -0.722. The van der Waals surface area contributed by atoms with Crippen LogP contribution in [0.4, 0.5) is 18.9 Å². The molecular formula is C22H15F3N4O3. The fourth-order valence-electron chi connectivity index (χ4n) is 3.23. The molecule has 0 aliphatic carbocycles. The normalized spacial score (nSPS) is 11.0. The molecule has 32 heavy (non-hydrogen) atoms. The second kappa shape index (κ2) is 8.50. The van der Waals surface area contributed by atoms with Crippen LogP contribution < -0.4 is 16.6 Å². The van der Waals surface area contributed by atoms with E-state index in [4.69, 9.17) is 0 Å². The van der Waals surface area contributed by atoms with Gasteiger partial charge in [-0.25, -0.2) is 22.9 Å². The quantitative estimate of drug-likeness (QED) is 0.517. The van der Waals surface area contributed by atoms with Crippen LogP contribution >= 0.6 is 0 Å². The first-order valence-corrected chi connectivity index (χ1v) is 9.41. The van der Waals surface area contributed by atoms with E-state index in [2.05, 4.69) is 10.3 Å². The third-order valence-corrected chi connectivity index (χ3v) is 4.75. The van der Waals surface area contributed by atoms with Crippen molar-refractivity contribution in [2.24, 2.45) is 0 Å². The van der Waals surface area contributed by atoms with Gasteiger partial charge in [0.15, 0.2) is 5.52 Å². The van der Waals surface area contributed by atoms with E-state index in [1.807, 2.05) is 0 Å². The van der Waals surface area contributed by atoms with Crippen molar-refractivity contribution in [1.29, 1.82) is 0 Å². The number of aromatic nitrogens is 3. The van der Waals surface area contributed by atoms with Crippen LogP contribution in [-0.4, -0.2) is 20.0 Å². The summed E-state index contributed by atoms with van der Waals surface area (Å²) in [6.07, 6.45) is 1.37. The molecule has 4 rings (SSSR count). The van der Waals surface area contributed by atoms with Crippen molar-refractivity contribution >= 4 is 22.6 Å². The zero-order chi connectivity index (χ0) is 22.8. The van der Waals surface area contributed by atoms with Crippen molar-refractivity contribution in [2.75, 3.05) is 5.32 Å². The fourth-order valence-corrected chi connectivity index (χ4v) is 3.23. The van der Waals surface area contributed by atoms with Gasteiger partial charge in [-0.15, -0.1) is 0 Å². The van der Waals surface area contributed by atoms with Gasteiger partial charge in [0.05, 0.1) is 17.7 Å². The Balaban J connectivity index is 1.74. The van der Waals surface area contributed by atoms with Crippen LogP contribution in [0.5, 0.6) is 0 Å². The number of hydrogen-bond acceptors (Lipinski definition) is 4. The van der Waals surface area contributed by atoms with Gasteiger partial charge in [-0.1, -0.05) is 12.1 Å². The molecule has 0 saturated heterocycles. The maximum atomic E-state index is 13.9. The molecule has 10 heteroatoms. The average molecular weight is 440 g/mol. The summed E-state index contributed by atoms with van der Waals surface area (Å²) in [6, 6.07) is 10.9. The number of halogens is 3. The number of amides is 1. The standard InChI is InChI=1S/C22H15F3N4O3/c23-14-5-3-13(4-6-14)11-29-21(31)20-18(2-1-9-26-20)28(22(29)32)12-19(30)27-17-8-7-15(24)10-16(17)25/h1-10H,11-12H2,(H,27,30). The van der Waals surface area contributed by atoms with E-state index in [1.54, 1.807) is 0 Å². The molecule has 0 unspecified atom stereocenters. The lowest BCUT2D eigenvalue weighted by Crippen LogP contribution is -2.42. The van der Waals surface area contributed by atoms with Crippen molar-refractivity contribution in [3.05, 3.63) is 105 Å². The van der Waals surface area contributed by atoms with Gasteiger partial charge < -0.3 is 5.32 Å². The van der Waals surface area contributed by atoms with E-state index in [-0.39, 0.29) is 23.3 Å². The maximum absolute atomic E-state index is 13.9. The van der Waals surface area contributed by atoms with Crippen LogP contribution in [0, 0.1) is 17.5 Å². The molecule has 0 saturated carbocycles. The number of hydrogen-bond donors (Lipinski definition) is 1. The SMILES string of the molecule is O=C(Cn1c(=O)n(Cc2ccc(F)cc2)c(=O)c2ncccc21)Nc1ccc(F)cc1F. The van der Waals surface area contributed by atoms with E-state index in [1.165, 1.54) is 42.6 Å². The van der Waals surface area contributed by atoms with Crippen molar-refractivity contribution < 1.29 is 18.0 Å². The highest BCUT2D eigenvalue weighted by Crippen LogP contribution is 2.15. The highest BCUT2D eigenvalue weighted by atomic mass is 19.1. The number of rotatable bonds is 5. The summed E-state index contributed by atoms with van der Waals surface area (Å²) in [4.78, 5) is 42.5. The van der Waals surface area contributed by atoms with Gasteiger partial charge in [0.1, 0.15) is 24.0 Å². The summed E-state index contributed by atoms with van der Waals surface area (Å²) < 4.78 is 42.1. The summed E-state index contributed by atoms with van der Waals surface area (Å²) in [7, 11) is 0. The molecule has 162 valence electrons. The Morgan fingerprint density at radius 2 is 1.66 bits per heavy atom. The van der Waals surface area contributed by atoms with Gasteiger partial charge >= 0.3 is 5.69 Å². The molecule has 1 N–H and O–H groups in total. The smallest absolute Gasteiger partial charge is 0.322 e. The summed E-state index contributed by atoms with van der Waals surface area (Å²) in [5.74, 6) is -3.02. The van der Waals surface area contributed by atoms with Crippen LogP contribution in [0.2, 0.25) is 0 Å². The average Bonchev–Trinajstić information content (AvgIpc) is 2.77. The zero-order valence-electron chi connectivity index (χ0n) is 16.4. The van der Waals surface area contributed by atoms with Gasteiger partial charge in [0, 0.05) is 12.3 Å².